The van der Waals surface area contributed by atoms with Crippen molar-refractivity contribution in [2.24, 2.45) is 0 Å². The van der Waals surface area contributed by atoms with E-state index in [2.05, 4.69) is 46.8 Å². The van der Waals surface area contributed by atoms with Gasteiger partial charge in [-0.2, -0.15) is 0 Å². The molecular formula is C24H32N4O3S. The first-order valence-corrected chi connectivity index (χ1v) is 12.1. The lowest BCUT2D eigenvalue weighted by Crippen LogP contribution is -2.42. The van der Waals surface area contributed by atoms with Crippen LogP contribution in [-0.4, -0.2) is 76.9 Å². The number of aliphatic hydroxyl groups is 1. The van der Waals surface area contributed by atoms with Crippen LogP contribution in [0.25, 0.3) is 21.3 Å². The number of nitrogens with one attached hydrogen (secondary N) is 1. The summed E-state index contributed by atoms with van der Waals surface area (Å²) in [5.74, 6) is 0.638. The Morgan fingerprint density at radius 1 is 1.28 bits per heavy atom. The van der Waals surface area contributed by atoms with Crippen molar-refractivity contribution in [3.8, 4) is 11.1 Å². The Labute approximate surface area is 192 Å². The molecule has 32 heavy (non-hydrogen) atoms. The van der Waals surface area contributed by atoms with Crippen LogP contribution in [0.4, 0.5) is 0 Å². The van der Waals surface area contributed by atoms with Gasteiger partial charge in [-0.1, -0.05) is 23.8 Å². The zero-order valence-electron chi connectivity index (χ0n) is 19.1. The van der Waals surface area contributed by atoms with Gasteiger partial charge in [-0.25, -0.2) is 4.98 Å². The van der Waals surface area contributed by atoms with E-state index in [-0.39, 0.29) is 5.56 Å². The van der Waals surface area contributed by atoms with Gasteiger partial charge >= 0.3 is 0 Å². The Morgan fingerprint density at radius 3 is 2.81 bits per heavy atom. The molecule has 1 aliphatic rings. The molecule has 1 atom stereocenters. The van der Waals surface area contributed by atoms with E-state index in [1.807, 2.05) is 5.38 Å². The zero-order valence-corrected chi connectivity index (χ0v) is 19.9. The number of aromatic amines is 1. The van der Waals surface area contributed by atoms with Crippen LogP contribution >= 0.6 is 11.3 Å². The van der Waals surface area contributed by atoms with Gasteiger partial charge in [-0.3, -0.25) is 14.6 Å². The molecule has 0 saturated carbocycles. The highest BCUT2D eigenvalue weighted by Gasteiger charge is 2.18. The zero-order chi connectivity index (χ0) is 22.7. The highest BCUT2D eigenvalue weighted by Crippen LogP contribution is 2.33. The van der Waals surface area contributed by atoms with Crippen molar-refractivity contribution in [2.45, 2.75) is 33.4 Å². The Bertz CT molecular complexity index is 1120. The van der Waals surface area contributed by atoms with Crippen LogP contribution in [0.3, 0.4) is 0 Å². The molecule has 1 aliphatic heterocycles. The van der Waals surface area contributed by atoms with Crippen LogP contribution in [0.1, 0.15) is 23.9 Å². The Hall–Kier alpha value is -2.10. The maximum Gasteiger partial charge on any atom is 0.260 e. The molecule has 2 N–H and O–H groups in total. The van der Waals surface area contributed by atoms with E-state index in [9.17, 15) is 9.90 Å². The molecule has 0 spiro atoms. The molecule has 0 bridgehead atoms. The first-order chi connectivity index (χ1) is 15.4. The number of fused-ring (bicyclic) bond motifs is 1. The SMILES string of the molecule is Cc1ccc(C)c(-c2csc3nc(CN(CCN4CCOCC4)CC(C)O)[nH]c(=O)c23)c1. The minimum absolute atomic E-state index is 0.104. The summed E-state index contributed by atoms with van der Waals surface area (Å²) in [6, 6.07) is 6.30. The second-order valence-corrected chi connectivity index (χ2v) is 9.56. The van der Waals surface area contributed by atoms with Crippen LogP contribution in [0.2, 0.25) is 0 Å². The minimum atomic E-state index is -0.451. The smallest absolute Gasteiger partial charge is 0.260 e. The molecule has 4 rings (SSSR count). The number of rotatable bonds is 8. The normalized spacial score (nSPS) is 16.2. The van der Waals surface area contributed by atoms with Gasteiger partial charge in [0.1, 0.15) is 10.7 Å². The number of aromatic nitrogens is 2. The molecule has 2 aromatic heterocycles. The van der Waals surface area contributed by atoms with E-state index in [1.165, 1.54) is 16.9 Å². The predicted octanol–water partition coefficient (Wildman–Crippen LogP) is 2.78. The summed E-state index contributed by atoms with van der Waals surface area (Å²) in [7, 11) is 0. The number of hydrogen-bond donors (Lipinski definition) is 2. The van der Waals surface area contributed by atoms with E-state index in [0.29, 0.717) is 24.3 Å². The molecule has 1 unspecified atom stereocenters. The topological polar surface area (TPSA) is 81.7 Å². The van der Waals surface area contributed by atoms with E-state index >= 15 is 0 Å². The molecule has 1 aromatic carbocycles. The Morgan fingerprint density at radius 2 is 2.06 bits per heavy atom. The third-order valence-electron chi connectivity index (χ3n) is 5.91. The largest absolute Gasteiger partial charge is 0.392 e. The third kappa shape index (κ3) is 5.44. The van der Waals surface area contributed by atoms with E-state index in [0.717, 1.165) is 60.9 Å². The molecule has 172 valence electrons. The predicted molar refractivity (Wildman–Crippen MR) is 129 cm³/mol. The summed E-state index contributed by atoms with van der Waals surface area (Å²) in [6.45, 7) is 12.0. The highest BCUT2D eigenvalue weighted by molar-refractivity contribution is 7.17. The summed E-state index contributed by atoms with van der Waals surface area (Å²) in [4.78, 5) is 26.1. The summed E-state index contributed by atoms with van der Waals surface area (Å²) >= 11 is 1.51. The first kappa shape index (κ1) is 23.1. The molecule has 3 aromatic rings. The number of H-pyrrole nitrogens is 1. The van der Waals surface area contributed by atoms with Crippen molar-refractivity contribution in [3.05, 3.63) is 50.9 Å². The molecular weight excluding hydrogens is 424 g/mol. The number of morpholine rings is 1. The Kier molecular flexibility index (Phi) is 7.37. The molecule has 7 nitrogen and oxygen atoms in total. The van der Waals surface area contributed by atoms with E-state index in [4.69, 9.17) is 9.72 Å². The molecule has 8 heteroatoms. The fourth-order valence-corrected chi connectivity index (χ4v) is 5.18. The number of nitrogens with zero attached hydrogens (tertiary/aromatic N) is 3. The van der Waals surface area contributed by atoms with Crippen molar-refractivity contribution in [1.82, 2.24) is 19.8 Å². The van der Waals surface area contributed by atoms with E-state index < -0.39 is 6.10 Å². The van der Waals surface area contributed by atoms with Crippen molar-refractivity contribution < 1.29 is 9.84 Å². The van der Waals surface area contributed by atoms with Gasteiger partial charge in [-0.05, 0) is 31.9 Å². The number of ether oxygens (including phenoxy) is 1. The van der Waals surface area contributed by atoms with Gasteiger partial charge in [0.15, 0.2) is 0 Å². The fraction of sp³-hybridized carbons (Fsp3) is 0.500. The maximum absolute atomic E-state index is 13.1. The first-order valence-electron chi connectivity index (χ1n) is 11.2. The lowest BCUT2D eigenvalue weighted by atomic mass is 9.99. The van der Waals surface area contributed by atoms with Crippen LogP contribution in [0, 0.1) is 13.8 Å². The van der Waals surface area contributed by atoms with E-state index in [1.54, 1.807) is 6.92 Å². The molecule has 0 amide bonds. The van der Waals surface area contributed by atoms with Gasteiger partial charge in [0.05, 0.1) is 31.2 Å². The molecule has 1 fully saturated rings. The maximum atomic E-state index is 13.1. The number of aryl methyl sites for hydroxylation is 2. The molecule has 3 heterocycles. The van der Waals surface area contributed by atoms with Crippen LogP contribution in [0.15, 0.2) is 28.4 Å². The lowest BCUT2D eigenvalue weighted by molar-refractivity contribution is 0.0297. The lowest BCUT2D eigenvalue weighted by Gasteiger charge is -2.30. The van der Waals surface area contributed by atoms with Crippen molar-refractivity contribution in [2.75, 3.05) is 45.9 Å². The summed E-state index contributed by atoms with van der Waals surface area (Å²) in [6.07, 6.45) is -0.451. The average Bonchev–Trinajstić information content (AvgIpc) is 3.18. The average molecular weight is 457 g/mol. The van der Waals surface area contributed by atoms with Crippen LogP contribution < -0.4 is 5.56 Å². The highest BCUT2D eigenvalue weighted by atomic mass is 32.1. The minimum Gasteiger partial charge on any atom is -0.392 e. The number of hydrogen-bond acceptors (Lipinski definition) is 7. The molecule has 0 radical (unpaired) electrons. The Balaban J connectivity index is 1.56. The number of aliphatic hydroxyl groups excluding tert-OH is 1. The van der Waals surface area contributed by atoms with Gasteiger partial charge in [0, 0.05) is 43.7 Å². The third-order valence-corrected chi connectivity index (χ3v) is 6.78. The summed E-state index contributed by atoms with van der Waals surface area (Å²) < 4.78 is 5.42. The molecule has 0 aliphatic carbocycles. The van der Waals surface area contributed by atoms with Gasteiger partial charge in [0.25, 0.3) is 5.56 Å². The second kappa shape index (κ2) is 10.2. The fourth-order valence-electron chi connectivity index (χ4n) is 4.22. The number of thiophene rings is 1. The monoisotopic (exact) mass is 456 g/mol. The number of benzene rings is 1. The molecule has 1 saturated heterocycles. The van der Waals surface area contributed by atoms with Crippen LogP contribution in [0.5, 0.6) is 0 Å². The van der Waals surface area contributed by atoms with Gasteiger partial charge < -0.3 is 14.8 Å². The quantitative estimate of drug-likeness (QED) is 0.543. The standard InChI is InChI=1S/C24H32N4O3S/c1-16-4-5-17(2)19(12-16)20-15-32-24-22(20)23(30)25-21(26-24)14-28(13-18(3)29)7-6-27-8-10-31-11-9-27/h4-5,12,15,18,29H,6-11,13-14H2,1-3H3,(H,25,26,30). The van der Waals surface area contributed by atoms with Gasteiger partial charge in [0.2, 0.25) is 0 Å². The van der Waals surface area contributed by atoms with Crippen molar-refractivity contribution in [1.29, 1.82) is 0 Å². The second-order valence-electron chi connectivity index (χ2n) is 8.70. The summed E-state index contributed by atoms with van der Waals surface area (Å²) in [5, 5.41) is 12.7. The van der Waals surface area contributed by atoms with Gasteiger partial charge in [-0.15, -0.1) is 11.3 Å². The van der Waals surface area contributed by atoms with Crippen molar-refractivity contribution in [3.63, 3.8) is 0 Å². The summed E-state index contributed by atoms with van der Waals surface area (Å²) in [5.41, 5.74) is 4.23. The van der Waals surface area contributed by atoms with Crippen LogP contribution in [-0.2, 0) is 11.3 Å². The van der Waals surface area contributed by atoms with Crippen molar-refractivity contribution >= 4 is 21.6 Å².